The van der Waals surface area contributed by atoms with Crippen molar-refractivity contribution in [1.82, 2.24) is 15.4 Å². The molecule has 2 aliphatic rings. The highest BCUT2D eigenvalue weighted by molar-refractivity contribution is 5.90. The van der Waals surface area contributed by atoms with Crippen LogP contribution in [0.25, 0.3) is 6.08 Å². The summed E-state index contributed by atoms with van der Waals surface area (Å²) in [6.07, 6.45) is 11.4. The zero-order valence-corrected chi connectivity index (χ0v) is 16.4. The molecule has 1 aromatic rings. The van der Waals surface area contributed by atoms with E-state index in [2.05, 4.69) is 15.2 Å². The monoisotopic (exact) mass is 402 g/mol. The highest BCUT2D eigenvalue weighted by atomic mass is 35.5. The van der Waals surface area contributed by atoms with Gasteiger partial charge in [-0.25, -0.2) is 10.5 Å². The van der Waals surface area contributed by atoms with Crippen molar-refractivity contribution >= 4 is 42.6 Å². The van der Waals surface area contributed by atoms with E-state index in [0.29, 0.717) is 6.04 Å². The second-order valence-electron chi connectivity index (χ2n) is 6.83. The number of nitrogens with zero attached hydrogens (tertiary/aromatic N) is 2. The molecule has 8 heteroatoms. The minimum atomic E-state index is -0.550. The first kappa shape index (κ1) is 22.7. The van der Waals surface area contributed by atoms with E-state index < -0.39 is 5.91 Å². The Labute approximate surface area is 167 Å². The molecule has 2 heterocycles. The van der Waals surface area contributed by atoms with Gasteiger partial charge in [0.1, 0.15) is 5.82 Å². The maximum Gasteiger partial charge on any atom is 0.267 e. The number of pyridine rings is 1. The number of hydrogen-bond acceptors (Lipinski definition) is 5. The van der Waals surface area contributed by atoms with Gasteiger partial charge in [-0.05, 0) is 49.0 Å². The van der Waals surface area contributed by atoms with Crippen molar-refractivity contribution < 1.29 is 10.0 Å². The molecule has 3 rings (SSSR count). The number of hydrogen-bond donors (Lipinski definition) is 3. The van der Waals surface area contributed by atoms with Crippen LogP contribution in [0.2, 0.25) is 0 Å². The standard InChI is InChI=1S/C18H26N4O2.2ClH/c23-18(21-24)8-6-14-5-7-17(19-11-14)20-16-9-10-22(13-16)12-15-3-1-2-4-15;;/h5-8,11,15-16,24H,1-4,9-10,12-13H2,(H,19,20)(H,21,23);2*1H/t16-;;/m1../s1. The van der Waals surface area contributed by atoms with E-state index in [9.17, 15) is 4.79 Å². The number of nitrogens with one attached hydrogen (secondary N) is 2. The fraction of sp³-hybridized carbons (Fsp3) is 0.556. The maximum atomic E-state index is 11.0. The summed E-state index contributed by atoms with van der Waals surface area (Å²) >= 11 is 0. The molecule has 1 aliphatic heterocycles. The normalized spacial score (nSPS) is 20.6. The van der Waals surface area contributed by atoms with Crippen molar-refractivity contribution in [2.75, 3.05) is 25.0 Å². The largest absolute Gasteiger partial charge is 0.366 e. The fourth-order valence-corrected chi connectivity index (χ4v) is 3.68. The average molecular weight is 403 g/mol. The number of carbonyl (C=O) groups excluding carboxylic acids is 1. The lowest BCUT2D eigenvalue weighted by Crippen LogP contribution is -2.29. The van der Waals surface area contributed by atoms with Crippen LogP contribution in [0.3, 0.4) is 0 Å². The van der Waals surface area contributed by atoms with Gasteiger partial charge < -0.3 is 10.2 Å². The number of halogens is 2. The average Bonchev–Trinajstić information content (AvgIpc) is 3.26. The van der Waals surface area contributed by atoms with Crippen LogP contribution in [0.1, 0.15) is 37.7 Å². The summed E-state index contributed by atoms with van der Waals surface area (Å²) in [6.45, 7) is 3.52. The summed E-state index contributed by atoms with van der Waals surface area (Å²) < 4.78 is 0. The van der Waals surface area contributed by atoms with Crippen LogP contribution >= 0.6 is 24.8 Å². The summed E-state index contributed by atoms with van der Waals surface area (Å²) in [6, 6.07) is 4.29. The van der Waals surface area contributed by atoms with E-state index in [-0.39, 0.29) is 24.8 Å². The summed E-state index contributed by atoms with van der Waals surface area (Å²) in [5, 5.41) is 11.9. The Morgan fingerprint density at radius 3 is 2.69 bits per heavy atom. The number of amides is 1. The summed E-state index contributed by atoms with van der Waals surface area (Å²) in [5.41, 5.74) is 2.38. The predicted octanol–water partition coefficient (Wildman–Crippen LogP) is 3.12. The number of carbonyl (C=O) groups is 1. The zero-order chi connectivity index (χ0) is 16.8. The van der Waals surface area contributed by atoms with Gasteiger partial charge in [-0.1, -0.05) is 12.8 Å². The van der Waals surface area contributed by atoms with Gasteiger partial charge in [0.25, 0.3) is 5.91 Å². The van der Waals surface area contributed by atoms with Crippen LogP contribution in [0.15, 0.2) is 24.4 Å². The molecule has 1 aliphatic carbocycles. The van der Waals surface area contributed by atoms with Crippen molar-refractivity contribution in [3.63, 3.8) is 0 Å². The number of likely N-dealkylation sites (tertiary alicyclic amines) is 1. The van der Waals surface area contributed by atoms with E-state index in [4.69, 9.17) is 5.21 Å². The maximum absolute atomic E-state index is 11.0. The highest BCUT2D eigenvalue weighted by Crippen LogP contribution is 2.27. The van der Waals surface area contributed by atoms with Gasteiger partial charge in [-0.3, -0.25) is 10.0 Å². The first-order chi connectivity index (χ1) is 11.7. The molecule has 1 aromatic heterocycles. The van der Waals surface area contributed by atoms with Gasteiger partial charge in [0.2, 0.25) is 0 Å². The van der Waals surface area contributed by atoms with Crippen LogP contribution in [0.5, 0.6) is 0 Å². The van der Waals surface area contributed by atoms with Crippen molar-refractivity contribution in [2.45, 2.75) is 38.1 Å². The SMILES string of the molecule is Cl.Cl.O=C(C=Cc1ccc(N[C@@H]2CCN(CC3CCCC3)C2)nc1)NO. The minimum Gasteiger partial charge on any atom is -0.366 e. The molecule has 146 valence electrons. The second-order valence-corrected chi connectivity index (χ2v) is 6.83. The third-order valence-corrected chi connectivity index (χ3v) is 4.94. The lowest BCUT2D eigenvalue weighted by atomic mass is 10.1. The summed E-state index contributed by atoms with van der Waals surface area (Å²) in [5.74, 6) is 1.22. The molecule has 0 bridgehead atoms. The number of aromatic nitrogens is 1. The topological polar surface area (TPSA) is 77.5 Å². The Bertz CT molecular complexity index is 577. The van der Waals surface area contributed by atoms with E-state index >= 15 is 0 Å². The Morgan fingerprint density at radius 2 is 2.04 bits per heavy atom. The van der Waals surface area contributed by atoms with Crippen LogP contribution in [0, 0.1) is 5.92 Å². The van der Waals surface area contributed by atoms with E-state index in [0.717, 1.165) is 30.3 Å². The van der Waals surface area contributed by atoms with E-state index in [1.54, 1.807) is 17.8 Å². The Hall–Kier alpha value is -1.34. The first-order valence-electron chi connectivity index (χ1n) is 8.80. The number of hydroxylamine groups is 1. The molecule has 1 saturated heterocycles. The van der Waals surface area contributed by atoms with Crippen LogP contribution < -0.4 is 10.8 Å². The Morgan fingerprint density at radius 1 is 1.27 bits per heavy atom. The van der Waals surface area contributed by atoms with E-state index in [1.165, 1.54) is 44.8 Å². The van der Waals surface area contributed by atoms with Gasteiger partial charge in [0, 0.05) is 37.9 Å². The fourth-order valence-electron chi connectivity index (χ4n) is 3.68. The van der Waals surface area contributed by atoms with Gasteiger partial charge in [0.05, 0.1) is 0 Å². The van der Waals surface area contributed by atoms with Crippen molar-refractivity contribution in [3.8, 4) is 0 Å². The van der Waals surface area contributed by atoms with Crippen molar-refractivity contribution in [3.05, 3.63) is 30.0 Å². The molecule has 6 nitrogen and oxygen atoms in total. The molecule has 1 atom stereocenters. The first-order valence-corrected chi connectivity index (χ1v) is 8.80. The minimum absolute atomic E-state index is 0. The van der Waals surface area contributed by atoms with Gasteiger partial charge in [-0.2, -0.15) is 0 Å². The second kappa shape index (κ2) is 11.4. The lowest BCUT2D eigenvalue weighted by Gasteiger charge is -2.20. The zero-order valence-electron chi connectivity index (χ0n) is 14.8. The highest BCUT2D eigenvalue weighted by Gasteiger charge is 2.26. The molecule has 3 N–H and O–H groups in total. The number of rotatable bonds is 6. The summed E-state index contributed by atoms with van der Waals surface area (Å²) in [4.78, 5) is 17.9. The molecule has 0 unspecified atom stereocenters. The smallest absolute Gasteiger partial charge is 0.267 e. The third kappa shape index (κ3) is 6.76. The Balaban J connectivity index is 0.00000169. The van der Waals surface area contributed by atoms with Crippen molar-refractivity contribution in [2.24, 2.45) is 5.92 Å². The molecule has 0 aromatic carbocycles. The molecular formula is C18H28Cl2N4O2. The molecule has 1 saturated carbocycles. The van der Waals surface area contributed by atoms with E-state index in [1.807, 2.05) is 12.1 Å². The van der Waals surface area contributed by atoms with Gasteiger partial charge >= 0.3 is 0 Å². The molecule has 26 heavy (non-hydrogen) atoms. The quantitative estimate of drug-likeness (QED) is 0.387. The van der Waals surface area contributed by atoms with Crippen LogP contribution in [-0.2, 0) is 4.79 Å². The predicted molar refractivity (Wildman–Crippen MR) is 108 cm³/mol. The van der Waals surface area contributed by atoms with Crippen LogP contribution in [-0.4, -0.2) is 46.7 Å². The molecular weight excluding hydrogens is 375 g/mol. The van der Waals surface area contributed by atoms with Crippen LogP contribution in [0.4, 0.5) is 5.82 Å². The number of anilines is 1. The van der Waals surface area contributed by atoms with Gasteiger partial charge in [0.15, 0.2) is 0 Å². The van der Waals surface area contributed by atoms with Gasteiger partial charge in [-0.15, -0.1) is 24.8 Å². The van der Waals surface area contributed by atoms with Crippen molar-refractivity contribution in [1.29, 1.82) is 0 Å². The summed E-state index contributed by atoms with van der Waals surface area (Å²) in [7, 11) is 0. The molecule has 0 radical (unpaired) electrons. The molecule has 2 fully saturated rings. The molecule has 0 spiro atoms. The lowest BCUT2D eigenvalue weighted by molar-refractivity contribution is -0.124. The third-order valence-electron chi connectivity index (χ3n) is 4.94. The molecule has 1 amide bonds. The Kier molecular flexibility index (Phi) is 9.94.